The van der Waals surface area contributed by atoms with E-state index in [0.29, 0.717) is 0 Å². The van der Waals surface area contributed by atoms with Crippen molar-refractivity contribution >= 4 is 0 Å². The third kappa shape index (κ3) is 3.01. The van der Waals surface area contributed by atoms with Crippen molar-refractivity contribution in [3.8, 4) is 0 Å². The van der Waals surface area contributed by atoms with Gasteiger partial charge in [0.1, 0.15) is 12.2 Å². The highest BCUT2D eigenvalue weighted by Gasteiger charge is 2.18. The third-order valence-corrected chi connectivity index (χ3v) is 3.23. The molecule has 0 saturated carbocycles. The molecule has 1 N–H and O–H groups in total. The van der Waals surface area contributed by atoms with Gasteiger partial charge in [-0.05, 0) is 26.5 Å². The zero-order valence-electron chi connectivity index (χ0n) is 12.1. The van der Waals surface area contributed by atoms with E-state index in [4.69, 9.17) is 0 Å². The molecular formula is C13H22N6. The number of nitrogens with one attached hydrogen (secondary N) is 1. The first-order chi connectivity index (χ1) is 9.15. The molecule has 0 aliphatic rings. The minimum absolute atomic E-state index is 0.217. The maximum atomic E-state index is 4.52. The fourth-order valence-corrected chi connectivity index (χ4v) is 2.31. The number of likely N-dealkylation sites (N-methyl/N-ethyl adjacent to an activating group) is 1. The van der Waals surface area contributed by atoms with Crippen LogP contribution in [0.4, 0.5) is 0 Å². The van der Waals surface area contributed by atoms with E-state index in [1.54, 1.807) is 6.33 Å². The third-order valence-electron chi connectivity index (χ3n) is 3.23. The Morgan fingerprint density at radius 1 is 1.37 bits per heavy atom. The van der Waals surface area contributed by atoms with Gasteiger partial charge in [-0.25, -0.2) is 4.98 Å². The normalized spacial score (nSPS) is 12.8. The Hall–Kier alpha value is -1.69. The van der Waals surface area contributed by atoms with E-state index in [0.717, 1.165) is 31.0 Å². The molecule has 0 fully saturated rings. The average Bonchev–Trinajstić information content (AvgIpc) is 2.95. The number of hydrogen-bond donors (Lipinski definition) is 1. The number of nitrogens with zero attached hydrogens (tertiary/aromatic N) is 5. The zero-order chi connectivity index (χ0) is 13.8. The molecule has 0 amide bonds. The Morgan fingerprint density at radius 2 is 2.16 bits per heavy atom. The molecule has 0 aliphatic carbocycles. The topological polar surface area (TPSA) is 60.6 Å². The molecule has 1 atom stereocenters. The van der Waals surface area contributed by atoms with Crippen LogP contribution in [0.3, 0.4) is 0 Å². The summed E-state index contributed by atoms with van der Waals surface area (Å²) in [6, 6.07) is 2.36. The molecule has 2 aromatic heterocycles. The van der Waals surface area contributed by atoms with Crippen LogP contribution in [0.25, 0.3) is 0 Å². The molecular weight excluding hydrogens is 240 g/mol. The minimum atomic E-state index is 0.217. The van der Waals surface area contributed by atoms with Gasteiger partial charge in [0.05, 0.1) is 17.4 Å². The molecule has 6 heteroatoms. The lowest BCUT2D eigenvalue weighted by Crippen LogP contribution is -2.26. The molecule has 6 nitrogen and oxygen atoms in total. The Balaban J connectivity index is 2.26. The quantitative estimate of drug-likeness (QED) is 0.850. The van der Waals surface area contributed by atoms with Gasteiger partial charge in [0, 0.05) is 20.0 Å². The predicted octanol–water partition coefficient (Wildman–Crippen LogP) is 1.23. The van der Waals surface area contributed by atoms with Crippen LogP contribution in [0.5, 0.6) is 0 Å². The van der Waals surface area contributed by atoms with E-state index in [-0.39, 0.29) is 6.04 Å². The lowest BCUT2D eigenvalue weighted by atomic mass is 10.1. The summed E-state index contributed by atoms with van der Waals surface area (Å²) in [7, 11) is 1.92. The second-order valence-electron chi connectivity index (χ2n) is 4.64. The lowest BCUT2D eigenvalue weighted by Gasteiger charge is -2.18. The van der Waals surface area contributed by atoms with Crippen LogP contribution in [0.1, 0.15) is 37.1 Å². The van der Waals surface area contributed by atoms with Crippen molar-refractivity contribution in [1.29, 1.82) is 0 Å². The van der Waals surface area contributed by atoms with Gasteiger partial charge in [-0.3, -0.25) is 9.36 Å². The highest BCUT2D eigenvalue weighted by molar-refractivity contribution is 5.15. The summed E-state index contributed by atoms with van der Waals surface area (Å²) < 4.78 is 3.88. The molecule has 0 saturated heterocycles. The second-order valence-corrected chi connectivity index (χ2v) is 4.64. The van der Waals surface area contributed by atoms with Crippen molar-refractivity contribution in [1.82, 2.24) is 29.9 Å². The van der Waals surface area contributed by atoms with Gasteiger partial charge in [0.25, 0.3) is 0 Å². The summed E-state index contributed by atoms with van der Waals surface area (Å²) in [6.07, 6.45) is 2.41. The maximum Gasteiger partial charge on any atom is 0.138 e. The summed E-state index contributed by atoms with van der Waals surface area (Å²) in [4.78, 5) is 4.31. The number of aryl methyl sites for hydroxylation is 3. The van der Waals surface area contributed by atoms with Crippen molar-refractivity contribution in [3.63, 3.8) is 0 Å². The summed E-state index contributed by atoms with van der Waals surface area (Å²) in [5.74, 6) is 0.979. The molecule has 2 aromatic rings. The molecule has 0 radical (unpaired) electrons. The second kappa shape index (κ2) is 5.97. The van der Waals surface area contributed by atoms with Crippen LogP contribution in [-0.4, -0.2) is 31.1 Å². The monoisotopic (exact) mass is 262 g/mol. The van der Waals surface area contributed by atoms with Crippen molar-refractivity contribution in [3.05, 3.63) is 29.6 Å². The van der Waals surface area contributed by atoms with E-state index < -0.39 is 0 Å². The Morgan fingerprint density at radius 3 is 2.74 bits per heavy atom. The first-order valence-corrected chi connectivity index (χ1v) is 6.76. The Labute approximate surface area is 113 Å². The fraction of sp³-hybridized carbons (Fsp3) is 0.615. The summed E-state index contributed by atoms with van der Waals surface area (Å²) >= 11 is 0. The molecule has 0 aliphatic heterocycles. The lowest BCUT2D eigenvalue weighted by molar-refractivity contribution is 0.474. The van der Waals surface area contributed by atoms with Gasteiger partial charge < -0.3 is 5.32 Å². The minimum Gasteiger partial charge on any atom is -0.309 e. The van der Waals surface area contributed by atoms with Crippen LogP contribution < -0.4 is 5.32 Å². The van der Waals surface area contributed by atoms with Crippen LogP contribution in [-0.2, 0) is 20.0 Å². The van der Waals surface area contributed by atoms with E-state index in [2.05, 4.69) is 45.1 Å². The Kier molecular flexibility index (Phi) is 4.31. The van der Waals surface area contributed by atoms with Gasteiger partial charge >= 0.3 is 0 Å². The average molecular weight is 262 g/mol. The van der Waals surface area contributed by atoms with Gasteiger partial charge in [-0.1, -0.05) is 6.92 Å². The van der Waals surface area contributed by atoms with Gasteiger partial charge in [-0.15, -0.1) is 0 Å². The number of aromatic nitrogens is 5. The molecule has 2 heterocycles. The smallest absolute Gasteiger partial charge is 0.138 e. The maximum absolute atomic E-state index is 4.52. The highest BCUT2D eigenvalue weighted by Crippen LogP contribution is 2.18. The van der Waals surface area contributed by atoms with Crippen LogP contribution in [0.15, 0.2) is 12.4 Å². The van der Waals surface area contributed by atoms with E-state index in [1.807, 2.05) is 18.7 Å². The molecule has 0 aromatic carbocycles. The van der Waals surface area contributed by atoms with Crippen molar-refractivity contribution in [2.45, 2.75) is 39.8 Å². The van der Waals surface area contributed by atoms with E-state index in [9.17, 15) is 0 Å². The summed E-state index contributed by atoms with van der Waals surface area (Å²) in [5.41, 5.74) is 2.27. The number of rotatable bonds is 6. The Bertz CT molecular complexity index is 527. The van der Waals surface area contributed by atoms with Crippen molar-refractivity contribution in [2.24, 2.45) is 7.05 Å². The van der Waals surface area contributed by atoms with E-state index >= 15 is 0 Å². The van der Waals surface area contributed by atoms with E-state index in [1.165, 1.54) is 5.69 Å². The largest absolute Gasteiger partial charge is 0.309 e. The van der Waals surface area contributed by atoms with Crippen molar-refractivity contribution in [2.75, 3.05) is 6.54 Å². The SMILES string of the molecule is CCNC(Cc1ncnn1C)c1cc(C)nn1CC. The molecule has 0 bridgehead atoms. The summed E-state index contributed by atoms with van der Waals surface area (Å²) in [5, 5.41) is 12.2. The number of hydrogen-bond acceptors (Lipinski definition) is 4. The van der Waals surface area contributed by atoms with Gasteiger partial charge in [0.15, 0.2) is 0 Å². The highest BCUT2D eigenvalue weighted by atomic mass is 15.3. The first kappa shape index (κ1) is 13.7. The molecule has 0 spiro atoms. The van der Waals surface area contributed by atoms with Crippen molar-refractivity contribution < 1.29 is 0 Å². The molecule has 1 unspecified atom stereocenters. The first-order valence-electron chi connectivity index (χ1n) is 6.76. The fourth-order valence-electron chi connectivity index (χ4n) is 2.31. The van der Waals surface area contributed by atoms with Gasteiger partial charge in [0.2, 0.25) is 0 Å². The molecule has 2 rings (SSSR count). The van der Waals surface area contributed by atoms with Crippen LogP contribution in [0, 0.1) is 6.92 Å². The zero-order valence-corrected chi connectivity index (χ0v) is 12.1. The predicted molar refractivity (Wildman–Crippen MR) is 73.8 cm³/mol. The van der Waals surface area contributed by atoms with Crippen LogP contribution >= 0.6 is 0 Å². The summed E-state index contributed by atoms with van der Waals surface area (Å²) in [6.45, 7) is 8.05. The van der Waals surface area contributed by atoms with Crippen LogP contribution in [0.2, 0.25) is 0 Å². The standard InChI is InChI=1S/C13H22N6/c1-5-14-11(8-13-15-9-16-18(13)4)12-7-10(3)17-19(12)6-2/h7,9,11,14H,5-6,8H2,1-4H3. The van der Waals surface area contributed by atoms with Gasteiger partial charge in [-0.2, -0.15) is 10.2 Å². The molecule has 19 heavy (non-hydrogen) atoms. The molecule has 104 valence electrons.